The van der Waals surface area contributed by atoms with Gasteiger partial charge >= 0.3 is 5.97 Å². The number of amides is 1. The largest absolute Gasteiger partial charge is 0.478 e. The minimum absolute atomic E-state index is 0.123. The van der Waals surface area contributed by atoms with Crippen molar-refractivity contribution < 1.29 is 14.7 Å². The zero-order valence-electron chi connectivity index (χ0n) is 10.4. The molecule has 0 saturated carbocycles. The highest BCUT2D eigenvalue weighted by Gasteiger charge is 2.09. The number of carbonyl (C=O) groups is 2. The van der Waals surface area contributed by atoms with E-state index in [-0.39, 0.29) is 17.9 Å². The second-order valence-electron chi connectivity index (χ2n) is 4.10. The number of aromatic carboxylic acids is 1. The van der Waals surface area contributed by atoms with Crippen molar-refractivity contribution in [1.29, 1.82) is 0 Å². The van der Waals surface area contributed by atoms with Gasteiger partial charge in [0.05, 0.1) is 17.6 Å². The van der Waals surface area contributed by atoms with E-state index in [0.29, 0.717) is 16.7 Å². The van der Waals surface area contributed by atoms with Crippen molar-refractivity contribution in [1.82, 2.24) is 9.55 Å². The molecule has 2 N–H and O–H groups in total. The van der Waals surface area contributed by atoms with Crippen molar-refractivity contribution >= 4 is 33.5 Å². The van der Waals surface area contributed by atoms with Gasteiger partial charge in [-0.25, -0.2) is 9.78 Å². The molecule has 0 atom stereocenters. The minimum Gasteiger partial charge on any atom is -0.478 e. The molecule has 1 heterocycles. The van der Waals surface area contributed by atoms with Gasteiger partial charge in [-0.05, 0) is 34.1 Å². The van der Waals surface area contributed by atoms with Crippen LogP contribution in [0.2, 0.25) is 0 Å². The monoisotopic (exact) mass is 337 g/mol. The Bertz CT molecular complexity index is 626. The molecule has 0 spiro atoms. The summed E-state index contributed by atoms with van der Waals surface area (Å²) in [5.41, 5.74) is 0.568. The van der Waals surface area contributed by atoms with Crippen LogP contribution >= 0.6 is 15.9 Å². The van der Waals surface area contributed by atoms with E-state index in [1.54, 1.807) is 29.4 Å². The van der Waals surface area contributed by atoms with Gasteiger partial charge in [-0.2, -0.15) is 0 Å². The van der Waals surface area contributed by atoms with E-state index in [1.807, 2.05) is 0 Å². The van der Waals surface area contributed by atoms with Crippen molar-refractivity contribution in [3.8, 4) is 0 Å². The van der Waals surface area contributed by atoms with Crippen LogP contribution in [0, 0.1) is 0 Å². The van der Waals surface area contributed by atoms with Gasteiger partial charge in [0.15, 0.2) is 0 Å². The molecule has 0 unspecified atom stereocenters. The third-order valence-electron chi connectivity index (χ3n) is 2.64. The summed E-state index contributed by atoms with van der Waals surface area (Å²) in [6.45, 7) is 0.516. The first kappa shape index (κ1) is 14.3. The molecule has 1 aromatic heterocycles. The fraction of sp³-hybridized carbons (Fsp3) is 0.154. The average Bonchev–Trinajstić information content (AvgIpc) is 2.92. The third kappa shape index (κ3) is 3.67. The SMILES string of the molecule is O=C(CCn1ccnc1)Nc1cc(C(=O)O)ccc1Br. The van der Waals surface area contributed by atoms with E-state index in [2.05, 4.69) is 26.2 Å². The van der Waals surface area contributed by atoms with Crippen molar-refractivity contribution in [3.63, 3.8) is 0 Å². The summed E-state index contributed by atoms with van der Waals surface area (Å²) in [4.78, 5) is 26.6. The van der Waals surface area contributed by atoms with Crippen LogP contribution in [0.5, 0.6) is 0 Å². The molecule has 2 aromatic rings. The van der Waals surface area contributed by atoms with Crippen molar-refractivity contribution in [2.24, 2.45) is 0 Å². The van der Waals surface area contributed by atoms with E-state index in [4.69, 9.17) is 5.11 Å². The fourth-order valence-electron chi connectivity index (χ4n) is 1.62. The van der Waals surface area contributed by atoms with Gasteiger partial charge in [-0.15, -0.1) is 0 Å². The predicted octanol–water partition coefficient (Wildman–Crippen LogP) is 2.37. The molecule has 0 saturated heterocycles. The number of rotatable bonds is 5. The van der Waals surface area contributed by atoms with Gasteiger partial charge in [0, 0.05) is 29.8 Å². The molecule has 2 rings (SSSR count). The Hall–Kier alpha value is -2.15. The molecule has 0 radical (unpaired) electrons. The molecule has 0 aliphatic rings. The molecule has 0 aliphatic carbocycles. The van der Waals surface area contributed by atoms with Crippen LogP contribution in [0.15, 0.2) is 41.4 Å². The van der Waals surface area contributed by atoms with Gasteiger partial charge in [0.2, 0.25) is 5.91 Å². The number of benzene rings is 1. The molecule has 0 fully saturated rings. The topological polar surface area (TPSA) is 84.2 Å². The lowest BCUT2D eigenvalue weighted by Gasteiger charge is -2.08. The zero-order chi connectivity index (χ0) is 14.5. The van der Waals surface area contributed by atoms with Crippen LogP contribution in [-0.4, -0.2) is 26.5 Å². The van der Waals surface area contributed by atoms with Crippen LogP contribution in [-0.2, 0) is 11.3 Å². The Balaban J connectivity index is 2.00. The molecule has 7 heteroatoms. The molecule has 104 valence electrons. The molecule has 1 aromatic carbocycles. The minimum atomic E-state index is -1.04. The summed E-state index contributed by atoms with van der Waals surface area (Å²) >= 11 is 3.28. The van der Waals surface area contributed by atoms with E-state index in [9.17, 15) is 9.59 Å². The quantitative estimate of drug-likeness (QED) is 0.877. The predicted molar refractivity (Wildman–Crippen MR) is 76.6 cm³/mol. The van der Waals surface area contributed by atoms with Gasteiger partial charge in [0.25, 0.3) is 0 Å². The number of hydrogen-bond acceptors (Lipinski definition) is 3. The van der Waals surface area contributed by atoms with E-state index in [1.165, 1.54) is 12.1 Å². The molecular formula is C13H12BrN3O3. The highest BCUT2D eigenvalue weighted by molar-refractivity contribution is 9.10. The number of halogens is 1. The van der Waals surface area contributed by atoms with Gasteiger partial charge in [-0.3, -0.25) is 4.79 Å². The average molecular weight is 338 g/mol. The van der Waals surface area contributed by atoms with Gasteiger partial charge in [0.1, 0.15) is 0 Å². The van der Waals surface area contributed by atoms with Crippen molar-refractivity contribution in [2.75, 3.05) is 5.32 Å². The third-order valence-corrected chi connectivity index (χ3v) is 3.34. The number of carboxylic acids is 1. The van der Waals surface area contributed by atoms with Crippen molar-refractivity contribution in [2.45, 2.75) is 13.0 Å². The lowest BCUT2D eigenvalue weighted by atomic mass is 10.2. The highest BCUT2D eigenvalue weighted by Crippen LogP contribution is 2.23. The Morgan fingerprint density at radius 1 is 1.40 bits per heavy atom. The molecular weight excluding hydrogens is 326 g/mol. The van der Waals surface area contributed by atoms with E-state index in [0.717, 1.165) is 0 Å². The summed E-state index contributed by atoms with van der Waals surface area (Å²) in [5.74, 6) is -1.23. The lowest BCUT2D eigenvalue weighted by Crippen LogP contribution is -2.14. The summed E-state index contributed by atoms with van der Waals surface area (Å²) in [6.07, 6.45) is 5.33. The molecule has 0 bridgehead atoms. The first-order valence-corrected chi connectivity index (χ1v) is 6.64. The zero-order valence-corrected chi connectivity index (χ0v) is 12.0. The second-order valence-corrected chi connectivity index (χ2v) is 4.95. The Labute approximate surface area is 123 Å². The van der Waals surface area contributed by atoms with Crippen LogP contribution in [0.1, 0.15) is 16.8 Å². The Morgan fingerprint density at radius 2 is 2.20 bits per heavy atom. The smallest absolute Gasteiger partial charge is 0.335 e. The number of imidazole rings is 1. The number of anilines is 1. The Morgan fingerprint density at radius 3 is 2.85 bits per heavy atom. The van der Waals surface area contributed by atoms with Gasteiger partial charge < -0.3 is 15.0 Å². The van der Waals surface area contributed by atoms with E-state index < -0.39 is 5.97 Å². The molecule has 0 aliphatic heterocycles. The van der Waals surface area contributed by atoms with Crippen LogP contribution in [0.3, 0.4) is 0 Å². The maximum absolute atomic E-state index is 11.8. The molecule has 1 amide bonds. The number of hydrogen-bond donors (Lipinski definition) is 2. The summed E-state index contributed by atoms with van der Waals surface area (Å²) in [7, 11) is 0. The maximum Gasteiger partial charge on any atom is 0.335 e. The molecule has 20 heavy (non-hydrogen) atoms. The fourth-order valence-corrected chi connectivity index (χ4v) is 1.96. The first-order valence-electron chi connectivity index (χ1n) is 5.84. The summed E-state index contributed by atoms with van der Waals surface area (Å²) in [6, 6.07) is 4.48. The Kier molecular flexibility index (Phi) is 4.52. The normalized spacial score (nSPS) is 10.2. The van der Waals surface area contributed by atoms with Crippen LogP contribution in [0.4, 0.5) is 5.69 Å². The standard InChI is InChI=1S/C13H12BrN3O3/c14-10-2-1-9(13(19)20)7-11(10)16-12(18)3-5-17-6-4-15-8-17/h1-2,4,6-8H,3,5H2,(H,16,18)(H,19,20). The molecule has 6 nitrogen and oxygen atoms in total. The number of nitrogens with one attached hydrogen (secondary N) is 1. The first-order chi connectivity index (χ1) is 9.56. The number of aromatic nitrogens is 2. The number of carboxylic acid groups (broad SMARTS) is 1. The number of carbonyl (C=O) groups excluding carboxylic acids is 1. The summed E-state index contributed by atoms with van der Waals surface area (Å²) < 4.78 is 2.43. The van der Waals surface area contributed by atoms with Crippen LogP contribution < -0.4 is 5.32 Å². The number of aryl methyl sites for hydroxylation is 1. The number of nitrogens with zero attached hydrogens (tertiary/aromatic N) is 2. The second kappa shape index (κ2) is 6.33. The van der Waals surface area contributed by atoms with E-state index >= 15 is 0 Å². The van der Waals surface area contributed by atoms with Crippen LogP contribution in [0.25, 0.3) is 0 Å². The summed E-state index contributed by atoms with van der Waals surface area (Å²) in [5, 5.41) is 11.6. The van der Waals surface area contributed by atoms with Gasteiger partial charge in [-0.1, -0.05) is 0 Å². The van der Waals surface area contributed by atoms with Crippen molar-refractivity contribution in [3.05, 3.63) is 47.0 Å². The lowest BCUT2D eigenvalue weighted by molar-refractivity contribution is -0.116. The highest BCUT2D eigenvalue weighted by atomic mass is 79.9. The maximum atomic E-state index is 11.8.